The van der Waals surface area contributed by atoms with Crippen molar-refractivity contribution in [3.05, 3.63) is 77.5 Å². The molecule has 2 atom stereocenters. The van der Waals surface area contributed by atoms with Gasteiger partial charge < -0.3 is 19.5 Å². The van der Waals surface area contributed by atoms with Gasteiger partial charge >= 0.3 is 6.61 Å². The van der Waals surface area contributed by atoms with Gasteiger partial charge in [0.15, 0.2) is 0 Å². The Morgan fingerprint density at radius 1 is 1.00 bits per heavy atom. The normalized spacial score (nSPS) is 17.2. The zero-order valence-corrected chi connectivity index (χ0v) is 19.6. The van der Waals surface area contributed by atoms with Crippen LogP contribution in [-0.4, -0.2) is 50.2 Å². The first-order valence-electron chi connectivity index (χ1n) is 10.9. The van der Waals surface area contributed by atoms with E-state index in [0.717, 1.165) is 24.3 Å². The Labute approximate surface area is 208 Å². The van der Waals surface area contributed by atoms with Crippen molar-refractivity contribution in [3.8, 4) is 17.2 Å². The number of aromatic nitrogens is 1. The second-order valence-electron chi connectivity index (χ2n) is 7.97. The second kappa shape index (κ2) is 10.7. The Bertz CT molecular complexity index is 1280. The average molecular weight is 519 g/mol. The van der Waals surface area contributed by atoms with Crippen molar-refractivity contribution in [1.82, 2.24) is 10.3 Å². The van der Waals surface area contributed by atoms with Crippen LogP contribution in [0, 0.1) is 11.6 Å². The molecule has 0 aliphatic carbocycles. The van der Waals surface area contributed by atoms with Gasteiger partial charge in [0.2, 0.25) is 0 Å². The highest BCUT2D eigenvalue weighted by molar-refractivity contribution is 6.04. The molecule has 12 heteroatoms. The van der Waals surface area contributed by atoms with Crippen LogP contribution in [0.4, 0.5) is 23.4 Å². The SMILES string of the molecule is COc1ccnc(N2C[C@@H](c3c(F)cc(OC)cc3F)[C@H](NC(=O)c3ccc(OC(F)F)cc3)C2=O)c1. The number of rotatable bonds is 8. The molecule has 0 saturated carbocycles. The standard InChI is InChI=1S/C25H21F4N3O5/c1-35-15-7-8-30-20(11-15)32-12-17(21-18(26)9-16(36-2)10-19(21)27)22(24(32)34)31-23(33)13-3-5-14(6-4-13)37-25(28)29/h3-11,17,22,25H,12H2,1-2H3,(H,31,33)/t17-,22-/m0/s1. The number of nitrogens with one attached hydrogen (secondary N) is 1. The third-order valence-corrected chi connectivity index (χ3v) is 5.83. The predicted octanol–water partition coefficient (Wildman–Crippen LogP) is 3.91. The molecule has 0 spiro atoms. The molecule has 2 heterocycles. The highest BCUT2D eigenvalue weighted by atomic mass is 19.3. The number of benzene rings is 2. The van der Waals surface area contributed by atoms with Crippen LogP contribution in [0.5, 0.6) is 17.2 Å². The second-order valence-corrected chi connectivity index (χ2v) is 7.97. The molecule has 1 aliphatic heterocycles. The van der Waals surface area contributed by atoms with Crippen LogP contribution < -0.4 is 24.4 Å². The molecular formula is C25H21F4N3O5. The van der Waals surface area contributed by atoms with E-state index < -0.39 is 47.6 Å². The van der Waals surface area contributed by atoms with E-state index in [9.17, 15) is 18.4 Å². The van der Waals surface area contributed by atoms with E-state index >= 15 is 8.78 Å². The summed E-state index contributed by atoms with van der Waals surface area (Å²) in [6.45, 7) is -3.24. The molecule has 3 aromatic rings. The molecular weight excluding hydrogens is 498 g/mol. The van der Waals surface area contributed by atoms with Gasteiger partial charge in [-0.3, -0.25) is 14.5 Å². The van der Waals surface area contributed by atoms with Gasteiger partial charge in [-0.05, 0) is 30.3 Å². The van der Waals surface area contributed by atoms with Gasteiger partial charge in [-0.2, -0.15) is 8.78 Å². The molecule has 4 rings (SSSR count). The number of hydrogen-bond donors (Lipinski definition) is 1. The molecule has 1 aliphatic rings. The smallest absolute Gasteiger partial charge is 0.387 e. The summed E-state index contributed by atoms with van der Waals surface area (Å²) in [5.74, 6) is -4.14. The minimum Gasteiger partial charge on any atom is -0.497 e. The van der Waals surface area contributed by atoms with Crippen molar-refractivity contribution in [1.29, 1.82) is 0 Å². The molecule has 2 amide bonds. The lowest BCUT2D eigenvalue weighted by molar-refractivity contribution is -0.118. The van der Waals surface area contributed by atoms with Gasteiger partial charge in [0.25, 0.3) is 11.8 Å². The number of nitrogens with zero attached hydrogens (tertiary/aromatic N) is 2. The third kappa shape index (κ3) is 5.42. The highest BCUT2D eigenvalue weighted by Gasteiger charge is 2.45. The Morgan fingerprint density at radius 3 is 2.24 bits per heavy atom. The maximum absolute atomic E-state index is 15.0. The third-order valence-electron chi connectivity index (χ3n) is 5.83. The van der Waals surface area contributed by atoms with Crippen molar-refractivity contribution in [2.45, 2.75) is 18.6 Å². The first kappa shape index (κ1) is 25.7. The number of ether oxygens (including phenoxy) is 3. The quantitative estimate of drug-likeness (QED) is 0.454. The highest BCUT2D eigenvalue weighted by Crippen LogP contribution is 2.36. The van der Waals surface area contributed by atoms with Gasteiger partial charge in [-0.1, -0.05) is 0 Å². The molecule has 1 aromatic heterocycles. The molecule has 2 aromatic carbocycles. The lowest BCUT2D eigenvalue weighted by Gasteiger charge is -2.20. The van der Waals surface area contributed by atoms with E-state index in [1.807, 2.05) is 0 Å². The maximum atomic E-state index is 15.0. The van der Waals surface area contributed by atoms with E-state index in [4.69, 9.17) is 9.47 Å². The lowest BCUT2D eigenvalue weighted by Crippen LogP contribution is -2.44. The van der Waals surface area contributed by atoms with Crippen LogP contribution in [0.1, 0.15) is 21.8 Å². The zero-order chi connectivity index (χ0) is 26.7. The summed E-state index contributed by atoms with van der Waals surface area (Å²) >= 11 is 0. The summed E-state index contributed by atoms with van der Waals surface area (Å²) in [5, 5.41) is 2.52. The molecule has 1 fully saturated rings. The van der Waals surface area contributed by atoms with Crippen molar-refractivity contribution < 1.29 is 41.4 Å². The Hall–Kier alpha value is -4.35. The molecule has 1 saturated heterocycles. The van der Waals surface area contributed by atoms with E-state index in [0.29, 0.717) is 5.75 Å². The number of carbonyl (C=O) groups is 2. The molecule has 1 N–H and O–H groups in total. The molecule has 37 heavy (non-hydrogen) atoms. The molecule has 194 valence electrons. The summed E-state index contributed by atoms with van der Waals surface area (Å²) in [5.41, 5.74) is -0.396. The van der Waals surface area contributed by atoms with Crippen molar-refractivity contribution in [3.63, 3.8) is 0 Å². The number of hydrogen-bond acceptors (Lipinski definition) is 6. The van der Waals surface area contributed by atoms with Crippen molar-refractivity contribution in [2.24, 2.45) is 0 Å². The summed E-state index contributed by atoms with van der Waals surface area (Å²) < 4.78 is 69.2. The number of halogens is 4. The van der Waals surface area contributed by atoms with Gasteiger partial charge in [0.05, 0.1) is 14.2 Å². The van der Waals surface area contributed by atoms with E-state index in [-0.39, 0.29) is 29.4 Å². The number of methoxy groups -OCH3 is 2. The van der Waals surface area contributed by atoms with Gasteiger partial charge in [0, 0.05) is 48.0 Å². The van der Waals surface area contributed by atoms with E-state index in [1.165, 1.54) is 43.5 Å². The topological polar surface area (TPSA) is 90.0 Å². The van der Waals surface area contributed by atoms with Crippen LogP contribution in [0.2, 0.25) is 0 Å². The molecule has 8 nitrogen and oxygen atoms in total. The summed E-state index contributed by atoms with van der Waals surface area (Å²) in [6, 6.07) is 8.37. The van der Waals surface area contributed by atoms with Gasteiger partial charge in [0.1, 0.15) is 40.7 Å². The van der Waals surface area contributed by atoms with Crippen LogP contribution in [0.15, 0.2) is 54.7 Å². The first-order valence-corrected chi connectivity index (χ1v) is 10.9. The fraction of sp³-hybridized carbons (Fsp3) is 0.240. The Kier molecular flexibility index (Phi) is 7.46. The zero-order valence-electron chi connectivity index (χ0n) is 19.6. The van der Waals surface area contributed by atoms with E-state index in [2.05, 4.69) is 15.0 Å². The predicted molar refractivity (Wildman–Crippen MR) is 123 cm³/mol. The Balaban J connectivity index is 1.68. The van der Waals surface area contributed by atoms with Gasteiger partial charge in [-0.25, -0.2) is 13.8 Å². The van der Waals surface area contributed by atoms with Crippen LogP contribution in [0.25, 0.3) is 0 Å². The monoisotopic (exact) mass is 519 g/mol. The molecule has 0 unspecified atom stereocenters. The van der Waals surface area contributed by atoms with Crippen LogP contribution >= 0.6 is 0 Å². The van der Waals surface area contributed by atoms with Crippen molar-refractivity contribution >= 4 is 17.6 Å². The summed E-state index contributed by atoms with van der Waals surface area (Å²) in [7, 11) is 2.68. The fourth-order valence-corrected chi connectivity index (χ4v) is 4.08. The van der Waals surface area contributed by atoms with E-state index in [1.54, 1.807) is 6.07 Å². The van der Waals surface area contributed by atoms with Crippen LogP contribution in [0.3, 0.4) is 0 Å². The first-order chi connectivity index (χ1) is 17.7. The summed E-state index contributed by atoms with van der Waals surface area (Å²) in [4.78, 5) is 31.7. The van der Waals surface area contributed by atoms with Gasteiger partial charge in [-0.15, -0.1) is 0 Å². The summed E-state index contributed by atoms with van der Waals surface area (Å²) in [6.07, 6.45) is 1.40. The largest absolute Gasteiger partial charge is 0.497 e. The average Bonchev–Trinajstić information content (AvgIpc) is 3.19. The number of amides is 2. The number of pyridine rings is 1. The van der Waals surface area contributed by atoms with Crippen molar-refractivity contribution in [2.75, 3.05) is 25.7 Å². The van der Waals surface area contributed by atoms with Crippen LogP contribution in [-0.2, 0) is 4.79 Å². The minimum atomic E-state index is -3.04. The fourth-order valence-electron chi connectivity index (χ4n) is 4.08. The molecule has 0 radical (unpaired) electrons. The number of alkyl halides is 2. The lowest BCUT2D eigenvalue weighted by atomic mass is 9.92. The maximum Gasteiger partial charge on any atom is 0.387 e. The Morgan fingerprint density at radius 2 is 1.65 bits per heavy atom. The minimum absolute atomic E-state index is 0.0156. The number of carbonyl (C=O) groups excluding carboxylic acids is 2. The number of anilines is 1. The molecule has 0 bridgehead atoms.